The minimum Gasteiger partial charge on any atom is -0.761 e. The van der Waals surface area contributed by atoms with Crippen LogP contribution >= 0.6 is 0 Å². The van der Waals surface area contributed by atoms with Crippen molar-refractivity contribution >= 4 is 27.6 Å². The Morgan fingerprint density at radius 2 is 1.39 bits per heavy atom. The molecule has 88 valence electrons. The predicted octanol–water partition coefficient (Wildman–Crippen LogP) is 4.05. The van der Waals surface area contributed by atoms with Crippen LogP contribution < -0.4 is 5.48 Å². The summed E-state index contributed by atoms with van der Waals surface area (Å²) in [5.74, 6) is 0. The van der Waals surface area contributed by atoms with Gasteiger partial charge in [-0.25, -0.2) is 0 Å². The van der Waals surface area contributed by atoms with Gasteiger partial charge in [-0.1, -0.05) is 48.5 Å². The quantitative estimate of drug-likeness (QED) is 0.536. The SMILES string of the molecule is [O-]N/C=C\c1c2ccccc2cc2ccccc12. The average Bonchev–Trinajstić information content (AvgIpc) is 2.43. The second-order valence-corrected chi connectivity index (χ2v) is 4.18. The number of hydrogen-bond acceptors (Lipinski definition) is 2. The van der Waals surface area contributed by atoms with Gasteiger partial charge < -0.3 is 10.7 Å². The first-order valence-electron chi connectivity index (χ1n) is 5.85. The van der Waals surface area contributed by atoms with E-state index >= 15 is 0 Å². The summed E-state index contributed by atoms with van der Waals surface area (Å²) in [6, 6.07) is 18.6. The lowest BCUT2D eigenvalue weighted by Crippen LogP contribution is -1.89. The molecule has 0 aliphatic carbocycles. The Morgan fingerprint density at radius 3 is 1.94 bits per heavy atom. The second-order valence-electron chi connectivity index (χ2n) is 4.18. The van der Waals surface area contributed by atoms with Crippen molar-refractivity contribution in [1.29, 1.82) is 0 Å². The number of fused-ring (bicyclic) bond motifs is 2. The molecule has 18 heavy (non-hydrogen) atoms. The van der Waals surface area contributed by atoms with Crippen LogP contribution in [0.2, 0.25) is 0 Å². The number of hydroxylamine groups is 1. The summed E-state index contributed by atoms with van der Waals surface area (Å²) in [7, 11) is 0. The molecule has 3 aromatic rings. The summed E-state index contributed by atoms with van der Waals surface area (Å²) in [6.45, 7) is 0. The van der Waals surface area contributed by atoms with E-state index in [1.54, 1.807) is 0 Å². The van der Waals surface area contributed by atoms with Gasteiger partial charge in [0.1, 0.15) is 0 Å². The van der Waals surface area contributed by atoms with Gasteiger partial charge in [-0.2, -0.15) is 0 Å². The van der Waals surface area contributed by atoms with Crippen LogP contribution in [0.5, 0.6) is 0 Å². The fraction of sp³-hybridized carbons (Fsp3) is 0. The fourth-order valence-electron chi connectivity index (χ4n) is 2.35. The molecule has 0 bridgehead atoms. The predicted molar refractivity (Wildman–Crippen MR) is 77.0 cm³/mol. The molecule has 0 saturated heterocycles. The summed E-state index contributed by atoms with van der Waals surface area (Å²) in [6.07, 6.45) is 3.26. The van der Waals surface area contributed by atoms with Crippen LogP contribution in [0.1, 0.15) is 5.56 Å². The van der Waals surface area contributed by atoms with Crippen LogP contribution in [-0.2, 0) is 0 Å². The Balaban J connectivity index is 2.45. The lowest BCUT2D eigenvalue weighted by molar-refractivity contribution is 1.23. The van der Waals surface area contributed by atoms with Crippen LogP contribution in [0.4, 0.5) is 0 Å². The number of rotatable bonds is 2. The van der Waals surface area contributed by atoms with Gasteiger partial charge >= 0.3 is 0 Å². The van der Waals surface area contributed by atoms with Crippen molar-refractivity contribution in [2.24, 2.45) is 0 Å². The molecular weight excluding hydrogens is 222 g/mol. The molecule has 0 radical (unpaired) electrons. The van der Waals surface area contributed by atoms with Crippen LogP contribution in [0.25, 0.3) is 27.6 Å². The highest BCUT2D eigenvalue weighted by Gasteiger charge is 2.03. The zero-order chi connectivity index (χ0) is 12.4. The zero-order valence-electron chi connectivity index (χ0n) is 9.76. The molecule has 0 unspecified atom stereocenters. The van der Waals surface area contributed by atoms with E-state index in [2.05, 4.69) is 30.3 Å². The van der Waals surface area contributed by atoms with Gasteiger partial charge in [0, 0.05) is 0 Å². The summed E-state index contributed by atoms with van der Waals surface area (Å²) in [5.41, 5.74) is 2.89. The van der Waals surface area contributed by atoms with Gasteiger partial charge in [0.05, 0.1) is 0 Å². The molecule has 3 aromatic carbocycles. The third-order valence-electron chi connectivity index (χ3n) is 3.13. The van der Waals surface area contributed by atoms with Gasteiger partial charge in [0.25, 0.3) is 0 Å². The fourth-order valence-corrected chi connectivity index (χ4v) is 2.35. The normalized spacial score (nSPS) is 11.4. The van der Waals surface area contributed by atoms with E-state index in [-0.39, 0.29) is 0 Å². The molecule has 1 N–H and O–H groups in total. The van der Waals surface area contributed by atoms with Crippen molar-refractivity contribution in [2.75, 3.05) is 0 Å². The van der Waals surface area contributed by atoms with E-state index in [1.165, 1.54) is 17.0 Å². The molecule has 2 nitrogen and oxygen atoms in total. The van der Waals surface area contributed by atoms with E-state index in [0.717, 1.165) is 16.3 Å². The molecule has 0 atom stereocenters. The van der Waals surface area contributed by atoms with Gasteiger partial charge in [-0.05, 0) is 45.5 Å². The molecule has 0 aromatic heterocycles. The Morgan fingerprint density at radius 1 is 0.833 bits per heavy atom. The third kappa shape index (κ3) is 1.73. The first-order valence-corrected chi connectivity index (χ1v) is 5.85. The second kappa shape index (κ2) is 4.51. The molecule has 0 aliphatic rings. The van der Waals surface area contributed by atoms with E-state index in [9.17, 15) is 5.21 Å². The summed E-state index contributed by atoms with van der Waals surface area (Å²) < 4.78 is 0. The Kier molecular flexibility index (Phi) is 2.71. The van der Waals surface area contributed by atoms with Crippen molar-refractivity contribution in [1.82, 2.24) is 5.48 Å². The van der Waals surface area contributed by atoms with Crippen molar-refractivity contribution in [2.45, 2.75) is 0 Å². The van der Waals surface area contributed by atoms with Gasteiger partial charge in [0.15, 0.2) is 0 Å². The zero-order valence-corrected chi connectivity index (χ0v) is 9.76. The van der Waals surface area contributed by atoms with Crippen LogP contribution in [0, 0.1) is 5.21 Å². The maximum Gasteiger partial charge on any atom is -0.00853 e. The highest BCUT2D eigenvalue weighted by Crippen LogP contribution is 2.29. The summed E-state index contributed by atoms with van der Waals surface area (Å²) in [4.78, 5) is 0. The number of hydrogen-bond donors (Lipinski definition) is 1. The molecule has 0 saturated carbocycles. The highest BCUT2D eigenvalue weighted by molar-refractivity contribution is 6.06. The molecule has 2 heteroatoms. The molecule has 0 fully saturated rings. The first kappa shape index (κ1) is 10.8. The molecule has 0 amide bonds. The highest BCUT2D eigenvalue weighted by atomic mass is 16.5. The third-order valence-corrected chi connectivity index (χ3v) is 3.13. The maximum absolute atomic E-state index is 10.4. The van der Waals surface area contributed by atoms with Gasteiger partial charge in [-0.15, -0.1) is 0 Å². The van der Waals surface area contributed by atoms with Crippen molar-refractivity contribution in [3.05, 3.63) is 71.6 Å². The van der Waals surface area contributed by atoms with Crippen molar-refractivity contribution in [3.63, 3.8) is 0 Å². The van der Waals surface area contributed by atoms with Gasteiger partial charge in [0.2, 0.25) is 0 Å². The van der Waals surface area contributed by atoms with E-state index < -0.39 is 0 Å². The lowest BCUT2D eigenvalue weighted by atomic mass is 9.97. The number of benzene rings is 3. The van der Waals surface area contributed by atoms with Crippen molar-refractivity contribution < 1.29 is 0 Å². The van der Waals surface area contributed by atoms with E-state index in [0.29, 0.717) is 0 Å². The van der Waals surface area contributed by atoms with Gasteiger partial charge in [-0.3, -0.25) is 0 Å². The van der Waals surface area contributed by atoms with Crippen LogP contribution in [0.15, 0.2) is 60.8 Å². The molecule has 3 rings (SSSR count). The van der Waals surface area contributed by atoms with Crippen LogP contribution in [0.3, 0.4) is 0 Å². The Hall–Kier alpha value is -2.32. The molecular formula is C16H12NO-. The first-order chi connectivity index (χ1) is 8.90. The number of nitrogens with one attached hydrogen (secondary N) is 1. The smallest absolute Gasteiger partial charge is 0.00853 e. The lowest BCUT2D eigenvalue weighted by Gasteiger charge is -2.09. The topological polar surface area (TPSA) is 35.1 Å². The molecule has 0 aliphatic heterocycles. The average molecular weight is 234 g/mol. The minimum atomic E-state index is 1.08. The molecule has 0 heterocycles. The van der Waals surface area contributed by atoms with E-state index in [4.69, 9.17) is 0 Å². The van der Waals surface area contributed by atoms with Crippen LogP contribution in [-0.4, -0.2) is 0 Å². The van der Waals surface area contributed by atoms with Crippen molar-refractivity contribution in [3.8, 4) is 0 Å². The van der Waals surface area contributed by atoms with E-state index in [1.807, 2.05) is 35.8 Å². The summed E-state index contributed by atoms with van der Waals surface area (Å²) >= 11 is 0. The molecule has 0 spiro atoms. The minimum absolute atomic E-state index is 1.08. The Bertz CT molecular complexity index is 677. The maximum atomic E-state index is 10.4. The Labute approximate surface area is 105 Å². The monoisotopic (exact) mass is 234 g/mol. The largest absolute Gasteiger partial charge is 0.761 e. The standard InChI is InChI=1S/C16H12NO/c18-17-10-9-16-14-7-3-1-5-12(14)11-13-6-2-4-8-15(13)16/h1-11,17H/q-1/b10-9-. The summed E-state index contributed by atoms with van der Waals surface area (Å²) in [5, 5.41) is 15.1.